The molecule has 0 spiro atoms. The zero-order valence-electron chi connectivity index (χ0n) is 8.41. The van der Waals surface area contributed by atoms with E-state index in [0.29, 0.717) is 12.1 Å². The molecule has 0 bridgehead atoms. The number of oxime groups is 1. The molecule has 0 saturated carbocycles. The number of hydrogen-bond acceptors (Lipinski definition) is 3. The molecule has 0 heterocycles. The maximum Gasteiger partial charge on any atom is 0.0825 e. The van der Waals surface area contributed by atoms with Gasteiger partial charge in [0.1, 0.15) is 0 Å². The molecule has 0 amide bonds. The monoisotopic (exact) mass is 183 g/mol. The first-order valence-corrected chi connectivity index (χ1v) is 4.55. The maximum absolute atomic E-state index is 9.78. The van der Waals surface area contributed by atoms with E-state index in [0.717, 1.165) is 12.0 Å². The normalized spacial score (nSPS) is 27.5. The molecule has 0 radical (unpaired) electrons. The van der Waals surface area contributed by atoms with Crippen molar-refractivity contribution in [3.05, 3.63) is 11.6 Å². The number of nitrogens with zero attached hydrogens (tertiary/aromatic N) is 1. The van der Waals surface area contributed by atoms with Crippen LogP contribution in [0.5, 0.6) is 0 Å². The van der Waals surface area contributed by atoms with E-state index in [2.05, 4.69) is 5.16 Å². The van der Waals surface area contributed by atoms with Gasteiger partial charge in [0.25, 0.3) is 0 Å². The van der Waals surface area contributed by atoms with Crippen molar-refractivity contribution in [2.45, 2.75) is 39.2 Å². The summed E-state index contributed by atoms with van der Waals surface area (Å²) >= 11 is 0. The van der Waals surface area contributed by atoms with Crippen LogP contribution in [0.2, 0.25) is 0 Å². The van der Waals surface area contributed by atoms with E-state index in [1.165, 1.54) is 0 Å². The minimum Gasteiger partial charge on any atom is -0.411 e. The molecule has 0 aromatic carbocycles. The van der Waals surface area contributed by atoms with E-state index in [4.69, 9.17) is 5.21 Å². The predicted molar refractivity (Wildman–Crippen MR) is 52.0 cm³/mol. The van der Waals surface area contributed by atoms with Gasteiger partial charge in [-0.25, -0.2) is 0 Å². The van der Waals surface area contributed by atoms with Gasteiger partial charge in [0, 0.05) is 0 Å². The van der Waals surface area contributed by atoms with E-state index in [1.54, 1.807) is 13.8 Å². The largest absolute Gasteiger partial charge is 0.411 e. The molecule has 1 atom stereocenters. The molecule has 2 N–H and O–H groups in total. The number of rotatable bonds is 1. The second-order valence-electron chi connectivity index (χ2n) is 4.22. The van der Waals surface area contributed by atoms with Gasteiger partial charge in [-0.1, -0.05) is 11.2 Å². The van der Waals surface area contributed by atoms with Gasteiger partial charge in [0.15, 0.2) is 0 Å². The summed E-state index contributed by atoms with van der Waals surface area (Å²) in [4.78, 5) is 0. The molecule has 13 heavy (non-hydrogen) atoms. The lowest BCUT2D eigenvalue weighted by Gasteiger charge is -2.31. The van der Waals surface area contributed by atoms with Crippen LogP contribution in [0.1, 0.15) is 33.6 Å². The number of aliphatic hydroxyl groups is 1. The van der Waals surface area contributed by atoms with Crippen molar-refractivity contribution >= 4 is 5.71 Å². The Morgan fingerprint density at radius 2 is 2.15 bits per heavy atom. The minimum atomic E-state index is -0.701. The quantitative estimate of drug-likeness (QED) is 0.482. The lowest BCUT2D eigenvalue weighted by atomic mass is 9.79. The third kappa shape index (κ3) is 2.31. The lowest BCUT2D eigenvalue weighted by molar-refractivity contribution is 0.0201. The van der Waals surface area contributed by atoms with Gasteiger partial charge in [-0.2, -0.15) is 0 Å². The molecule has 0 unspecified atom stereocenters. The summed E-state index contributed by atoms with van der Waals surface area (Å²) in [6.07, 6.45) is 3.53. The Bertz CT molecular complexity index is 248. The highest BCUT2D eigenvalue weighted by atomic mass is 16.4. The van der Waals surface area contributed by atoms with Crippen molar-refractivity contribution in [2.24, 2.45) is 11.1 Å². The summed E-state index contributed by atoms with van der Waals surface area (Å²) in [7, 11) is 0. The van der Waals surface area contributed by atoms with Crippen molar-refractivity contribution < 1.29 is 10.3 Å². The molecule has 0 aromatic rings. The fraction of sp³-hybridized carbons (Fsp3) is 0.700. The van der Waals surface area contributed by atoms with Crippen molar-refractivity contribution in [2.75, 3.05) is 0 Å². The lowest BCUT2D eigenvalue weighted by Crippen LogP contribution is -2.34. The highest BCUT2D eigenvalue weighted by molar-refractivity contribution is 6.00. The van der Waals surface area contributed by atoms with E-state index >= 15 is 0 Å². The number of allylic oxidation sites excluding steroid dienone is 2. The second kappa shape index (κ2) is 3.50. The first kappa shape index (κ1) is 10.3. The molecule has 74 valence electrons. The van der Waals surface area contributed by atoms with Crippen LogP contribution in [-0.4, -0.2) is 21.6 Å². The standard InChI is InChI=1S/C10H17NO2/c1-7-4-5-8(10(2,3)12)6-9(7)11-13/h4,8,12-13H,5-6H2,1-3H3/b11-9-/t8-/m1/s1. The molecule has 1 aliphatic rings. The highest BCUT2D eigenvalue weighted by Crippen LogP contribution is 2.30. The summed E-state index contributed by atoms with van der Waals surface area (Å²) in [5.74, 6) is 0.155. The Kier molecular flexibility index (Phi) is 2.76. The fourth-order valence-electron chi connectivity index (χ4n) is 1.57. The SMILES string of the molecule is CC1=CC[C@@H](C(C)(C)O)C/C1=N/O. The third-order valence-electron chi connectivity index (χ3n) is 2.72. The zero-order valence-corrected chi connectivity index (χ0v) is 8.41. The topological polar surface area (TPSA) is 52.8 Å². The molecule has 0 fully saturated rings. The summed E-state index contributed by atoms with van der Waals surface area (Å²) in [6, 6.07) is 0. The van der Waals surface area contributed by atoms with Crippen LogP contribution in [0.3, 0.4) is 0 Å². The van der Waals surface area contributed by atoms with Crippen LogP contribution in [0.4, 0.5) is 0 Å². The fourth-order valence-corrected chi connectivity index (χ4v) is 1.57. The molecular formula is C10H17NO2. The third-order valence-corrected chi connectivity index (χ3v) is 2.72. The van der Waals surface area contributed by atoms with Crippen LogP contribution in [0.25, 0.3) is 0 Å². The average molecular weight is 183 g/mol. The predicted octanol–water partition coefficient (Wildman–Crippen LogP) is 1.94. The van der Waals surface area contributed by atoms with Crippen LogP contribution in [0.15, 0.2) is 16.8 Å². The molecule has 1 rings (SSSR count). The molecule has 3 nitrogen and oxygen atoms in total. The molecule has 0 saturated heterocycles. The summed E-state index contributed by atoms with van der Waals surface area (Å²) in [5, 5.41) is 21.7. The van der Waals surface area contributed by atoms with Gasteiger partial charge >= 0.3 is 0 Å². The van der Waals surface area contributed by atoms with Crippen LogP contribution in [-0.2, 0) is 0 Å². The van der Waals surface area contributed by atoms with Crippen LogP contribution >= 0.6 is 0 Å². The molecule has 0 aliphatic heterocycles. The average Bonchev–Trinajstić information content (AvgIpc) is 2.03. The van der Waals surface area contributed by atoms with Crippen molar-refractivity contribution in [3.63, 3.8) is 0 Å². The van der Waals surface area contributed by atoms with Crippen LogP contribution in [0, 0.1) is 5.92 Å². The summed E-state index contributed by atoms with van der Waals surface area (Å²) in [6.45, 7) is 5.51. The van der Waals surface area contributed by atoms with Gasteiger partial charge in [0.2, 0.25) is 0 Å². The van der Waals surface area contributed by atoms with Gasteiger partial charge in [0.05, 0.1) is 11.3 Å². The Labute approximate surface area is 78.8 Å². The van der Waals surface area contributed by atoms with Gasteiger partial charge in [-0.3, -0.25) is 0 Å². The number of hydrogen-bond donors (Lipinski definition) is 2. The Morgan fingerprint density at radius 1 is 1.54 bits per heavy atom. The van der Waals surface area contributed by atoms with E-state index in [1.807, 2.05) is 13.0 Å². The van der Waals surface area contributed by atoms with Gasteiger partial charge < -0.3 is 10.3 Å². The highest BCUT2D eigenvalue weighted by Gasteiger charge is 2.30. The van der Waals surface area contributed by atoms with Gasteiger partial charge in [-0.05, 0) is 45.1 Å². The van der Waals surface area contributed by atoms with Crippen molar-refractivity contribution in [3.8, 4) is 0 Å². The second-order valence-corrected chi connectivity index (χ2v) is 4.22. The summed E-state index contributed by atoms with van der Waals surface area (Å²) < 4.78 is 0. The van der Waals surface area contributed by atoms with E-state index < -0.39 is 5.60 Å². The molecular weight excluding hydrogens is 166 g/mol. The van der Waals surface area contributed by atoms with E-state index in [9.17, 15) is 5.11 Å². The maximum atomic E-state index is 9.78. The molecule has 1 aliphatic carbocycles. The Hall–Kier alpha value is -0.830. The Morgan fingerprint density at radius 3 is 2.62 bits per heavy atom. The van der Waals surface area contributed by atoms with Crippen molar-refractivity contribution in [1.29, 1.82) is 0 Å². The van der Waals surface area contributed by atoms with Gasteiger partial charge in [-0.15, -0.1) is 0 Å². The first-order valence-electron chi connectivity index (χ1n) is 4.55. The Balaban J connectivity index is 2.80. The zero-order chi connectivity index (χ0) is 10.1. The minimum absolute atomic E-state index is 0.155. The molecule has 0 aromatic heterocycles. The van der Waals surface area contributed by atoms with Crippen LogP contribution < -0.4 is 0 Å². The van der Waals surface area contributed by atoms with Crippen molar-refractivity contribution in [1.82, 2.24) is 0 Å². The smallest absolute Gasteiger partial charge is 0.0825 e. The summed E-state index contributed by atoms with van der Waals surface area (Å²) in [5.41, 5.74) is 1.01. The first-order chi connectivity index (χ1) is 5.95. The molecule has 3 heteroatoms. The van der Waals surface area contributed by atoms with E-state index in [-0.39, 0.29) is 5.92 Å².